The minimum atomic E-state index is -1.00. The Bertz CT molecular complexity index is 1170. The van der Waals surface area contributed by atoms with E-state index < -0.39 is 17.9 Å². The van der Waals surface area contributed by atoms with Crippen molar-refractivity contribution in [3.05, 3.63) is 59.3 Å². The molecule has 8 nitrogen and oxygen atoms in total. The molecule has 2 aromatic carbocycles. The first-order valence-corrected chi connectivity index (χ1v) is 10.0. The molecule has 2 N–H and O–H groups in total. The summed E-state index contributed by atoms with van der Waals surface area (Å²) >= 11 is 5.58. The molecule has 160 valence electrons. The second-order valence-electron chi connectivity index (χ2n) is 6.90. The second kappa shape index (κ2) is 8.69. The average molecular weight is 443 g/mol. The van der Waals surface area contributed by atoms with Gasteiger partial charge < -0.3 is 24.5 Å². The number of fused-ring (bicyclic) bond motifs is 2. The predicted molar refractivity (Wildman–Crippen MR) is 113 cm³/mol. The summed E-state index contributed by atoms with van der Waals surface area (Å²) < 4.78 is 15.5. The molecule has 0 fully saturated rings. The number of ether oxygens (including phenoxy) is 3. The van der Waals surface area contributed by atoms with E-state index in [9.17, 15) is 14.4 Å². The number of esters is 1. The van der Waals surface area contributed by atoms with Crippen LogP contribution < -0.4 is 14.8 Å². The van der Waals surface area contributed by atoms with E-state index in [0.29, 0.717) is 28.3 Å². The van der Waals surface area contributed by atoms with E-state index in [0.717, 1.165) is 10.9 Å². The molecule has 0 aliphatic carbocycles. The van der Waals surface area contributed by atoms with Crippen molar-refractivity contribution in [2.75, 3.05) is 19.8 Å². The first-order valence-electron chi connectivity index (χ1n) is 9.49. The highest BCUT2D eigenvalue weighted by Gasteiger charge is 2.28. The fourth-order valence-electron chi connectivity index (χ4n) is 3.56. The van der Waals surface area contributed by atoms with Crippen LogP contribution in [0.5, 0.6) is 11.5 Å². The zero-order valence-electron chi connectivity index (χ0n) is 16.6. The van der Waals surface area contributed by atoms with E-state index in [1.165, 1.54) is 7.11 Å². The van der Waals surface area contributed by atoms with E-state index in [1.54, 1.807) is 18.2 Å². The van der Waals surface area contributed by atoms with E-state index in [-0.39, 0.29) is 24.9 Å². The Labute approximate surface area is 182 Å². The number of para-hydroxylation sites is 1. The number of hydrogen-bond donors (Lipinski definition) is 2. The number of aromatic amines is 1. The van der Waals surface area contributed by atoms with Crippen molar-refractivity contribution in [2.24, 2.45) is 0 Å². The summed E-state index contributed by atoms with van der Waals surface area (Å²) in [5.74, 6) is -0.666. The number of benzene rings is 2. The Kier molecular flexibility index (Phi) is 5.81. The maximum absolute atomic E-state index is 13.4. The summed E-state index contributed by atoms with van der Waals surface area (Å²) in [5.41, 5.74) is 2.03. The lowest BCUT2D eigenvalue weighted by molar-refractivity contribution is -0.144. The predicted octanol–water partition coefficient (Wildman–Crippen LogP) is 2.57. The molecule has 9 heteroatoms. The normalized spacial score (nSPS) is 13.1. The van der Waals surface area contributed by atoms with E-state index in [2.05, 4.69) is 10.3 Å². The summed E-state index contributed by atoms with van der Waals surface area (Å²) in [7, 11) is 1.23. The number of ketones is 1. The molecule has 1 unspecified atom stereocenters. The number of amides is 1. The third-order valence-corrected chi connectivity index (χ3v) is 5.27. The Morgan fingerprint density at radius 2 is 1.94 bits per heavy atom. The minimum absolute atomic E-state index is 0.0466. The van der Waals surface area contributed by atoms with Gasteiger partial charge in [0, 0.05) is 22.9 Å². The number of H-pyrrole nitrogens is 1. The standard InChI is InChI=1S/C22H19ClN2O6/c1-29-22(28)16(24-19(26)10-23)9-14-13-4-2-3-5-15(13)25-20(14)21(27)12-6-7-17-18(8-12)31-11-30-17/h2-8,16,25H,9-11H2,1H3,(H,24,26). The molecule has 0 saturated heterocycles. The number of carbonyl (C=O) groups excluding carboxylic acids is 3. The van der Waals surface area contributed by atoms with Gasteiger partial charge >= 0.3 is 5.97 Å². The van der Waals surface area contributed by atoms with Gasteiger partial charge in [0.2, 0.25) is 18.5 Å². The molecule has 1 aromatic heterocycles. The molecule has 31 heavy (non-hydrogen) atoms. The fraction of sp³-hybridized carbons (Fsp3) is 0.227. The van der Waals surface area contributed by atoms with Crippen molar-refractivity contribution < 1.29 is 28.6 Å². The summed E-state index contributed by atoms with van der Waals surface area (Å²) in [6.45, 7) is 0.103. The van der Waals surface area contributed by atoms with Crippen LogP contribution in [0.4, 0.5) is 0 Å². The molecule has 0 saturated carbocycles. The second-order valence-corrected chi connectivity index (χ2v) is 7.17. The highest BCUT2D eigenvalue weighted by molar-refractivity contribution is 6.27. The number of hydrogen-bond acceptors (Lipinski definition) is 6. The number of halogens is 1. The van der Waals surface area contributed by atoms with Crippen LogP contribution in [0.15, 0.2) is 42.5 Å². The highest BCUT2D eigenvalue weighted by atomic mass is 35.5. The Hall–Kier alpha value is -3.52. The molecule has 1 atom stereocenters. The quantitative estimate of drug-likeness (QED) is 0.331. The fourth-order valence-corrected chi connectivity index (χ4v) is 3.64. The van der Waals surface area contributed by atoms with Gasteiger partial charge in [-0.25, -0.2) is 4.79 Å². The lowest BCUT2D eigenvalue weighted by atomic mass is 9.97. The van der Waals surface area contributed by atoms with Crippen molar-refractivity contribution in [2.45, 2.75) is 12.5 Å². The molecule has 1 aliphatic heterocycles. The highest BCUT2D eigenvalue weighted by Crippen LogP contribution is 2.34. The smallest absolute Gasteiger partial charge is 0.328 e. The molecular formula is C22H19ClN2O6. The molecule has 1 aliphatic rings. The van der Waals surface area contributed by atoms with Gasteiger partial charge in [-0.2, -0.15) is 0 Å². The number of carbonyl (C=O) groups is 3. The summed E-state index contributed by atoms with van der Waals surface area (Å²) in [4.78, 5) is 40.7. The van der Waals surface area contributed by atoms with Crippen LogP contribution in [0.1, 0.15) is 21.6 Å². The van der Waals surface area contributed by atoms with Gasteiger partial charge in [-0.3, -0.25) is 9.59 Å². The van der Waals surface area contributed by atoms with Crippen molar-refractivity contribution in [1.82, 2.24) is 10.3 Å². The maximum Gasteiger partial charge on any atom is 0.328 e. The van der Waals surface area contributed by atoms with E-state index in [1.807, 2.05) is 24.3 Å². The largest absolute Gasteiger partial charge is 0.467 e. The lowest BCUT2D eigenvalue weighted by Crippen LogP contribution is -2.43. The van der Waals surface area contributed by atoms with Gasteiger partial charge in [0.1, 0.15) is 11.9 Å². The number of aromatic nitrogens is 1. The minimum Gasteiger partial charge on any atom is -0.467 e. The van der Waals surface area contributed by atoms with Gasteiger partial charge in [-0.1, -0.05) is 18.2 Å². The number of rotatable bonds is 7. The average Bonchev–Trinajstić information content (AvgIpc) is 3.41. The summed E-state index contributed by atoms with van der Waals surface area (Å²) in [5, 5.41) is 3.32. The zero-order valence-corrected chi connectivity index (χ0v) is 17.3. The molecule has 0 bridgehead atoms. The number of methoxy groups -OCH3 is 1. The van der Waals surface area contributed by atoms with Crippen molar-refractivity contribution in [3.8, 4) is 11.5 Å². The molecule has 4 rings (SSSR count). The first-order chi connectivity index (χ1) is 15.0. The van der Waals surface area contributed by atoms with E-state index >= 15 is 0 Å². The number of alkyl halides is 1. The van der Waals surface area contributed by atoms with Crippen LogP contribution in [-0.2, 0) is 20.7 Å². The third-order valence-electron chi connectivity index (χ3n) is 5.03. The van der Waals surface area contributed by atoms with Gasteiger partial charge in [-0.15, -0.1) is 11.6 Å². The zero-order chi connectivity index (χ0) is 22.0. The summed E-state index contributed by atoms with van der Waals surface area (Å²) in [6.07, 6.45) is 0.0466. The molecule has 0 radical (unpaired) electrons. The van der Waals surface area contributed by atoms with Crippen LogP contribution >= 0.6 is 11.6 Å². The first kappa shape index (κ1) is 20.7. The lowest BCUT2D eigenvalue weighted by Gasteiger charge is -2.16. The number of nitrogens with one attached hydrogen (secondary N) is 2. The maximum atomic E-state index is 13.4. The Balaban J connectivity index is 1.75. The molecule has 1 amide bonds. The molecular weight excluding hydrogens is 424 g/mol. The monoisotopic (exact) mass is 442 g/mol. The van der Waals surface area contributed by atoms with Crippen LogP contribution in [-0.4, -0.2) is 48.5 Å². The van der Waals surface area contributed by atoms with Crippen LogP contribution in [0.2, 0.25) is 0 Å². The summed E-state index contributed by atoms with van der Waals surface area (Å²) in [6, 6.07) is 11.3. The van der Waals surface area contributed by atoms with Gasteiger partial charge in [0.15, 0.2) is 11.5 Å². The molecule has 2 heterocycles. The topological polar surface area (TPSA) is 107 Å². The van der Waals surface area contributed by atoms with Gasteiger partial charge in [0.05, 0.1) is 12.8 Å². The third kappa shape index (κ3) is 4.06. The van der Waals surface area contributed by atoms with Gasteiger partial charge in [-0.05, 0) is 29.8 Å². The molecule has 3 aromatic rings. The van der Waals surface area contributed by atoms with Crippen LogP contribution in [0.3, 0.4) is 0 Å². The van der Waals surface area contributed by atoms with Gasteiger partial charge in [0.25, 0.3) is 0 Å². The Morgan fingerprint density at radius 1 is 1.16 bits per heavy atom. The van der Waals surface area contributed by atoms with Crippen molar-refractivity contribution in [3.63, 3.8) is 0 Å². The van der Waals surface area contributed by atoms with E-state index in [4.69, 9.17) is 25.8 Å². The SMILES string of the molecule is COC(=O)C(Cc1c(C(=O)c2ccc3c(c2)OCO3)[nH]c2ccccc12)NC(=O)CCl. The Morgan fingerprint density at radius 3 is 2.71 bits per heavy atom. The van der Waals surface area contributed by atoms with Crippen molar-refractivity contribution >= 4 is 40.2 Å². The van der Waals surface area contributed by atoms with Crippen LogP contribution in [0.25, 0.3) is 10.9 Å². The van der Waals surface area contributed by atoms with Crippen molar-refractivity contribution in [1.29, 1.82) is 0 Å². The van der Waals surface area contributed by atoms with Crippen LogP contribution in [0, 0.1) is 0 Å². The molecule has 0 spiro atoms.